The van der Waals surface area contributed by atoms with E-state index in [9.17, 15) is 0 Å². The number of tetrazole rings is 1. The SMILES string of the molecule is COc1ccc(CNCCCSc2nnnn2-c2ccccc2)cc1Br. The van der Waals surface area contributed by atoms with Crippen molar-refractivity contribution in [1.29, 1.82) is 0 Å². The van der Waals surface area contributed by atoms with E-state index in [4.69, 9.17) is 4.74 Å². The van der Waals surface area contributed by atoms with Gasteiger partial charge in [-0.15, -0.1) is 5.10 Å². The van der Waals surface area contributed by atoms with Gasteiger partial charge in [-0.25, -0.2) is 0 Å². The van der Waals surface area contributed by atoms with Crippen molar-refractivity contribution in [2.24, 2.45) is 0 Å². The van der Waals surface area contributed by atoms with Crippen molar-refractivity contribution in [2.75, 3.05) is 19.4 Å². The summed E-state index contributed by atoms with van der Waals surface area (Å²) in [5.74, 6) is 1.80. The van der Waals surface area contributed by atoms with Crippen molar-refractivity contribution in [3.05, 3.63) is 58.6 Å². The summed E-state index contributed by atoms with van der Waals surface area (Å²) >= 11 is 5.18. The minimum Gasteiger partial charge on any atom is -0.496 e. The third-order valence-corrected chi connectivity index (χ3v) is 5.34. The van der Waals surface area contributed by atoms with Crippen molar-refractivity contribution in [3.8, 4) is 11.4 Å². The molecule has 26 heavy (non-hydrogen) atoms. The molecule has 0 bridgehead atoms. The van der Waals surface area contributed by atoms with Crippen LogP contribution in [0.4, 0.5) is 0 Å². The molecule has 0 aliphatic carbocycles. The molecule has 0 amide bonds. The highest BCUT2D eigenvalue weighted by atomic mass is 79.9. The van der Waals surface area contributed by atoms with E-state index < -0.39 is 0 Å². The van der Waals surface area contributed by atoms with Crippen molar-refractivity contribution >= 4 is 27.7 Å². The molecule has 2 aromatic carbocycles. The number of halogens is 1. The van der Waals surface area contributed by atoms with Gasteiger partial charge in [0.15, 0.2) is 0 Å². The molecule has 3 rings (SSSR count). The number of para-hydroxylation sites is 1. The van der Waals surface area contributed by atoms with E-state index in [1.54, 1.807) is 23.6 Å². The van der Waals surface area contributed by atoms with Crippen LogP contribution < -0.4 is 10.1 Å². The third-order valence-electron chi connectivity index (χ3n) is 3.72. The fourth-order valence-corrected chi connectivity index (χ4v) is 3.83. The first-order valence-corrected chi connectivity index (χ1v) is 10.1. The average Bonchev–Trinajstić information content (AvgIpc) is 3.14. The lowest BCUT2D eigenvalue weighted by molar-refractivity contribution is 0.412. The van der Waals surface area contributed by atoms with Gasteiger partial charge in [-0.3, -0.25) is 0 Å². The highest BCUT2D eigenvalue weighted by molar-refractivity contribution is 9.10. The summed E-state index contributed by atoms with van der Waals surface area (Å²) in [4.78, 5) is 0. The van der Waals surface area contributed by atoms with E-state index in [0.717, 1.165) is 46.3 Å². The molecule has 0 saturated heterocycles. The number of methoxy groups -OCH3 is 1. The van der Waals surface area contributed by atoms with Gasteiger partial charge in [0, 0.05) is 12.3 Å². The molecule has 0 aliphatic rings. The summed E-state index contributed by atoms with van der Waals surface area (Å²) in [6.07, 6.45) is 1.03. The first kappa shape index (κ1) is 18.9. The minimum absolute atomic E-state index is 0.815. The lowest BCUT2D eigenvalue weighted by atomic mass is 10.2. The second-order valence-corrected chi connectivity index (χ2v) is 7.47. The summed E-state index contributed by atoms with van der Waals surface area (Å²) in [6, 6.07) is 16.0. The largest absolute Gasteiger partial charge is 0.496 e. The number of aromatic nitrogens is 4. The van der Waals surface area contributed by atoms with Crippen molar-refractivity contribution in [1.82, 2.24) is 25.5 Å². The predicted molar refractivity (Wildman–Crippen MR) is 107 cm³/mol. The Hall–Kier alpha value is -1.90. The van der Waals surface area contributed by atoms with E-state index >= 15 is 0 Å². The van der Waals surface area contributed by atoms with Gasteiger partial charge in [-0.05, 0) is 69.2 Å². The Bertz CT molecular complexity index is 827. The van der Waals surface area contributed by atoms with E-state index in [-0.39, 0.29) is 0 Å². The Morgan fingerprint density at radius 2 is 2.04 bits per heavy atom. The number of hydrogen-bond acceptors (Lipinski definition) is 6. The lowest BCUT2D eigenvalue weighted by Crippen LogP contribution is -2.15. The number of thioether (sulfide) groups is 1. The summed E-state index contributed by atoms with van der Waals surface area (Å²) in [7, 11) is 1.67. The van der Waals surface area contributed by atoms with Crippen molar-refractivity contribution in [3.63, 3.8) is 0 Å². The number of rotatable bonds is 9. The zero-order chi connectivity index (χ0) is 18.2. The highest BCUT2D eigenvalue weighted by Crippen LogP contribution is 2.25. The molecule has 0 radical (unpaired) electrons. The second-order valence-electron chi connectivity index (χ2n) is 5.56. The molecule has 0 aliphatic heterocycles. The molecule has 3 aromatic rings. The number of benzene rings is 2. The van der Waals surface area contributed by atoms with Gasteiger partial charge in [0.05, 0.1) is 17.3 Å². The van der Waals surface area contributed by atoms with E-state index in [1.807, 2.05) is 36.4 Å². The van der Waals surface area contributed by atoms with Crippen LogP contribution in [0.25, 0.3) is 5.69 Å². The van der Waals surface area contributed by atoms with Crippen molar-refractivity contribution < 1.29 is 4.74 Å². The maximum absolute atomic E-state index is 5.25. The topological polar surface area (TPSA) is 64.9 Å². The van der Waals surface area contributed by atoms with Gasteiger partial charge in [0.1, 0.15) is 5.75 Å². The van der Waals surface area contributed by atoms with Crippen LogP contribution in [0.2, 0.25) is 0 Å². The first-order chi connectivity index (χ1) is 12.8. The van der Waals surface area contributed by atoms with Crippen LogP contribution in [0.1, 0.15) is 12.0 Å². The fourth-order valence-electron chi connectivity index (χ4n) is 2.41. The first-order valence-electron chi connectivity index (χ1n) is 8.27. The molecule has 0 atom stereocenters. The quantitative estimate of drug-likeness (QED) is 0.409. The lowest BCUT2D eigenvalue weighted by Gasteiger charge is -2.08. The zero-order valence-electron chi connectivity index (χ0n) is 14.4. The second kappa shape index (κ2) is 9.70. The van der Waals surface area contributed by atoms with Crippen LogP contribution in [0.15, 0.2) is 58.2 Å². The molecule has 8 heteroatoms. The number of nitrogens with zero attached hydrogens (tertiary/aromatic N) is 4. The van der Waals surface area contributed by atoms with Gasteiger partial charge < -0.3 is 10.1 Å². The molecule has 1 aromatic heterocycles. The maximum atomic E-state index is 5.25. The Morgan fingerprint density at radius 3 is 2.81 bits per heavy atom. The number of ether oxygens (including phenoxy) is 1. The Morgan fingerprint density at radius 1 is 1.19 bits per heavy atom. The molecular formula is C18H20BrN5OS. The Kier molecular flexibility index (Phi) is 7.04. The maximum Gasteiger partial charge on any atom is 0.214 e. The van der Waals surface area contributed by atoms with Crippen LogP contribution in [0, 0.1) is 0 Å². The Balaban J connectivity index is 1.40. The summed E-state index contributed by atoms with van der Waals surface area (Å²) < 4.78 is 7.99. The molecular weight excluding hydrogens is 414 g/mol. The number of hydrogen-bond donors (Lipinski definition) is 1. The fraction of sp³-hybridized carbons (Fsp3) is 0.278. The van der Waals surface area contributed by atoms with Gasteiger partial charge >= 0.3 is 0 Å². The van der Waals surface area contributed by atoms with Crippen LogP contribution >= 0.6 is 27.7 Å². The van der Waals surface area contributed by atoms with Gasteiger partial charge in [0.25, 0.3) is 0 Å². The van der Waals surface area contributed by atoms with Gasteiger partial charge in [-0.2, -0.15) is 4.68 Å². The highest BCUT2D eigenvalue weighted by Gasteiger charge is 2.08. The van der Waals surface area contributed by atoms with Crippen LogP contribution in [-0.4, -0.2) is 39.6 Å². The molecule has 0 fully saturated rings. The molecule has 136 valence electrons. The monoisotopic (exact) mass is 433 g/mol. The van der Waals surface area contributed by atoms with Crippen LogP contribution in [0.3, 0.4) is 0 Å². The smallest absolute Gasteiger partial charge is 0.214 e. The Labute approximate surface area is 165 Å². The minimum atomic E-state index is 0.815. The van der Waals surface area contributed by atoms with E-state index in [0.29, 0.717) is 0 Å². The molecule has 0 unspecified atom stereocenters. The number of nitrogens with one attached hydrogen (secondary N) is 1. The summed E-state index contributed by atoms with van der Waals surface area (Å²) in [6.45, 7) is 1.76. The summed E-state index contributed by atoms with van der Waals surface area (Å²) in [5.41, 5.74) is 2.20. The average molecular weight is 434 g/mol. The molecule has 0 spiro atoms. The van der Waals surface area contributed by atoms with Crippen LogP contribution in [0.5, 0.6) is 5.75 Å². The van der Waals surface area contributed by atoms with E-state index in [2.05, 4.69) is 48.9 Å². The molecule has 1 N–H and O–H groups in total. The van der Waals surface area contributed by atoms with Crippen molar-refractivity contribution in [2.45, 2.75) is 18.1 Å². The third kappa shape index (κ3) is 5.06. The molecule has 6 nitrogen and oxygen atoms in total. The van der Waals surface area contributed by atoms with E-state index in [1.165, 1.54) is 5.56 Å². The normalized spacial score (nSPS) is 10.8. The zero-order valence-corrected chi connectivity index (χ0v) is 16.8. The molecule has 1 heterocycles. The summed E-state index contributed by atoms with van der Waals surface area (Å²) in [5, 5.41) is 16.2. The molecule has 0 saturated carbocycles. The van der Waals surface area contributed by atoms with Gasteiger partial charge in [-0.1, -0.05) is 36.0 Å². The standard InChI is InChI=1S/C18H20BrN5OS/c1-25-17-9-8-14(12-16(17)19)13-20-10-5-11-26-18-21-22-23-24(18)15-6-3-2-4-7-15/h2-4,6-9,12,20H,5,10-11,13H2,1H3. The van der Waals surface area contributed by atoms with Crippen LogP contribution in [-0.2, 0) is 6.54 Å². The van der Waals surface area contributed by atoms with Gasteiger partial charge in [0.2, 0.25) is 5.16 Å². The predicted octanol–water partition coefficient (Wildman–Crippen LogP) is 3.71.